The molecule has 0 saturated heterocycles. The van der Waals surface area contributed by atoms with Gasteiger partial charge in [-0.1, -0.05) is 71.4 Å². The number of carbonyl (C=O) groups is 3. The molecular formula is C34H28BrN3O6. The summed E-state index contributed by atoms with van der Waals surface area (Å²) in [4.78, 5) is 41.2. The van der Waals surface area contributed by atoms with Crippen LogP contribution in [0.2, 0.25) is 0 Å². The second-order valence-corrected chi connectivity index (χ2v) is 10.6. The monoisotopic (exact) mass is 653 g/mol. The van der Waals surface area contributed by atoms with Crippen LogP contribution in [-0.4, -0.2) is 36.2 Å². The zero-order valence-corrected chi connectivity index (χ0v) is 25.7. The first-order valence-electron chi connectivity index (χ1n) is 13.7. The van der Waals surface area contributed by atoms with Crippen molar-refractivity contribution in [1.29, 1.82) is 0 Å². The van der Waals surface area contributed by atoms with Crippen LogP contribution in [0.5, 0.6) is 17.2 Å². The third kappa shape index (κ3) is 6.55. The van der Waals surface area contributed by atoms with E-state index < -0.39 is 17.8 Å². The molecule has 0 fully saturated rings. The molecule has 1 aromatic heterocycles. The van der Waals surface area contributed by atoms with Gasteiger partial charge in [0.1, 0.15) is 11.4 Å². The number of nitrogens with zero attached hydrogens (tertiary/aromatic N) is 1. The summed E-state index contributed by atoms with van der Waals surface area (Å²) in [6, 6.07) is 25.1. The molecule has 0 saturated carbocycles. The number of methoxy groups -OCH3 is 1. The first kappa shape index (κ1) is 30.2. The van der Waals surface area contributed by atoms with Gasteiger partial charge in [0.05, 0.1) is 18.9 Å². The predicted molar refractivity (Wildman–Crippen MR) is 172 cm³/mol. The second kappa shape index (κ2) is 13.4. The van der Waals surface area contributed by atoms with E-state index in [0.29, 0.717) is 15.7 Å². The molecule has 0 bridgehead atoms. The number of halogens is 1. The lowest BCUT2D eigenvalue weighted by Gasteiger charge is -2.11. The Balaban J connectivity index is 1.40. The van der Waals surface area contributed by atoms with E-state index in [1.54, 1.807) is 18.2 Å². The predicted octanol–water partition coefficient (Wildman–Crippen LogP) is 7.08. The number of aryl methyl sites for hydroxylation is 1. The van der Waals surface area contributed by atoms with Crippen molar-refractivity contribution in [3.63, 3.8) is 0 Å². The Labute approximate surface area is 262 Å². The zero-order valence-electron chi connectivity index (χ0n) is 24.1. The van der Waals surface area contributed by atoms with Crippen LogP contribution >= 0.6 is 15.9 Å². The smallest absolute Gasteiger partial charge is 0.343 e. The lowest BCUT2D eigenvalue weighted by molar-refractivity contribution is -0.132. The summed E-state index contributed by atoms with van der Waals surface area (Å²) in [6.07, 6.45) is 2.21. The SMILES string of the molecule is CCc1cccc2c(-c3ccccc3)c(C(=O)NN=Cc3cc(Br)ccc3OC(=O)c3ccc(OC(C)=O)c(OC)c3)[nH]c12. The molecule has 0 aliphatic heterocycles. The first-order valence-corrected chi connectivity index (χ1v) is 14.5. The van der Waals surface area contributed by atoms with Gasteiger partial charge in [-0.15, -0.1) is 0 Å². The molecule has 2 N–H and O–H groups in total. The Morgan fingerprint density at radius 2 is 1.68 bits per heavy atom. The molecule has 1 heterocycles. The molecule has 9 nitrogen and oxygen atoms in total. The maximum Gasteiger partial charge on any atom is 0.343 e. The summed E-state index contributed by atoms with van der Waals surface area (Å²) < 4.78 is 16.7. The highest BCUT2D eigenvalue weighted by molar-refractivity contribution is 9.10. The third-order valence-corrected chi connectivity index (χ3v) is 7.28. The van der Waals surface area contributed by atoms with Gasteiger partial charge in [-0.25, -0.2) is 10.2 Å². The number of hydrogen-bond acceptors (Lipinski definition) is 7. The molecule has 0 unspecified atom stereocenters. The van der Waals surface area contributed by atoms with Crippen LogP contribution in [0, 0.1) is 0 Å². The molecule has 5 rings (SSSR count). The molecule has 0 spiro atoms. The van der Waals surface area contributed by atoms with Crippen LogP contribution in [0.25, 0.3) is 22.0 Å². The number of hydrazone groups is 1. The number of nitrogens with one attached hydrogen (secondary N) is 2. The number of carbonyl (C=O) groups excluding carboxylic acids is 3. The number of amides is 1. The lowest BCUT2D eigenvalue weighted by Crippen LogP contribution is -2.19. The van der Waals surface area contributed by atoms with Gasteiger partial charge in [0, 0.05) is 33.4 Å². The number of esters is 2. The number of benzene rings is 4. The van der Waals surface area contributed by atoms with E-state index in [2.05, 4.69) is 38.4 Å². The molecular weight excluding hydrogens is 626 g/mol. The maximum absolute atomic E-state index is 13.5. The molecule has 0 atom stereocenters. The quantitative estimate of drug-likeness (QED) is 0.0760. The molecule has 0 aliphatic carbocycles. The van der Waals surface area contributed by atoms with E-state index in [-0.39, 0.29) is 22.8 Å². The van der Waals surface area contributed by atoms with E-state index in [1.807, 2.05) is 48.5 Å². The van der Waals surface area contributed by atoms with Crippen molar-refractivity contribution < 1.29 is 28.6 Å². The van der Waals surface area contributed by atoms with Crippen molar-refractivity contribution in [2.45, 2.75) is 20.3 Å². The summed E-state index contributed by atoms with van der Waals surface area (Å²) in [7, 11) is 1.40. The summed E-state index contributed by atoms with van der Waals surface area (Å²) in [5.41, 5.74) is 7.30. The van der Waals surface area contributed by atoms with E-state index in [4.69, 9.17) is 14.2 Å². The van der Waals surface area contributed by atoms with E-state index in [0.717, 1.165) is 34.0 Å². The van der Waals surface area contributed by atoms with Gasteiger partial charge < -0.3 is 19.2 Å². The number of para-hydroxylation sites is 1. The maximum atomic E-state index is 13.5. The molecule has 4 aromatic carbocycles. The van der Waals surface area contributed by atoms with Gasteiger partial charge >= 0.3 is 11.9 Å². The van der Waals surface area contributed by atoms with Crippen LogP contribution in [0.3, 0.4) is 0 Å². The van der Waals surface area contributed by atoms with Crippen molar-refractivity contribution in [3.8, 4) is 28.4 Å². The van der Waals surface area contributed by atoms with Crippen LogP contribution in [-0.2, 0) is 11.2 Å². The number of ether oxygens (including phenoxy) is 3. The van der Waals surface area contributed by atoms with Crippen molar-refractivity contribution in [1.82, 2.24) is 10.4 Å². The van der Waals surface area contributed by atoms with Crippen molar-refractivity contribution in [3.05, 3.63) is 112 Å². The van der Waals surface area contributed by atoms with Crippen molar-refractivity contribution >= 4 is 50.9 Å². The van der Waals surface area contributed by atoms with E-state index >= 15 is 0 Å². The summed E-state index contributed by atoms with van der Waals surface area (Å²) in [5.74, 6) is -1.02. The molecule has 44 heavy (non-hydrogen) atoms. The Bertz CT molecular complexity index is 1900. The summed E-state index contributed by atoms with van der Waals surface area (Å²) >= 11 is 3.43. The molecule has 222 valence electrons. The molecule has 10 heteroatoms. The summed E-state index contributed by atoms with van der Waals surface area (Å²) in [6.45, 7) is 3.34. The first-order chi connectivity index (χ1) is 21.3. The highest BCUT2D eigenvalue weighted by Gasteiger charge is 2.21. The number of fused-ring (bicyclic) bond motifs is 1. The van der Waals surface area contributed by atoms with E-state index in [9.17, 15) is 14.4 Å². The fourth-order valence-corrected chi connectivity index (χ4v) is 5.15. The van der Waals surface area contributed by atoms with Crippen LogP contribution in [0.4, 0.5) is 0 Å². The van der Waals surface area contributed by atoms with Gasteiger partial charge in [-0.05, 0) is 53.9 Å². The number of hydrogen-bond donors (Lipinski definition) is 2. The van der Waals surface area contributed by atoms with Crippen molar-refractivity contribution in [2.75, 3.05) is 7.11 Å². The van der Waals surface area contributed by atoms with Crippen LogP contribution < -0.4 is 19.6 Å². The molecule has 0 radical (unpaired) electrons. The largest absolute Gasteiger partial charge is 0.493 e. The summed E-state index contributed by atoms with van der Waals surface area (Å²) in [5, 5.41) is 5.14. The number of H-pyrrole nitrogens is 1. The minimum absolute atomic E-state index is 0.176. The number of aromatic nitrogens is 1. The normalized spacial score (nSPS) is 11.0. The number of rotatable bonds is 9. The topological polar surface area (TPSA) is 119 Å². The lowest BCUT2D eigenvalue weighted by atomic mass is 10.00. The fourth-order valence-electron chi connectivity index (χ4n) is 4.77. The molecule has 5 aromatic rings. The van der Waals surface area contributed by atoms with Gasteiger partial charge in [-0.3, -0.25) is 9.59 Å². The van der Waals surface area contributed by atoms with Gasteiger partial charge in [0.15, 0.2) is 11.5 Å². The van der Waals surface area contributed by atoms with Crippen molar-refractivity contribution in [2.24, 2.45) is 5.10 Å². The Hall–Kier alpha value is -5.22. The standard InChI is InChI=1S/C34H28BrN3O6/c1-4-21-11-8-12-26-30(22-9-6-5-7-10-22)32(37-31(21)26)33(40)38-36-19-24-17-25(35)14-16-27(24)44-34(41)23-13-15-28(43-20(2)39)29(18-23)42-3/h5-19,37H,4H2,1-3H3,(H,38,40). The Morgan fingerprint density at radius 3 is 2.41 bits per heavy atom. The third-order valence-electron chi connectivity index (χ3n) is 6.79. The fraction of sp³-hybridized carbons (Fsp3) is 0.118. The molecule has 1 amide bonds. The second-order valence-electron chi connectivity index (χ2n) is 9.66. The van der Waals surface area contributed by atoms with Gasteiger partial charge in [0.2, 0.25) is 0 Å². The van der Waals surface area contributed by atoms with Gasteiger partial charge in [0.25, 0.3) is 5.91 Å². The highest BCUT2D eigenvalue weighted by Crippen LogP contribution is 2.34. The minimum Gasteiger partial charge on any atom is -0.493 e. The zero-order chi connectivity index (χ0) is 31.2. The number of aromatic amines is 1. The minimum atomic E-state index is -0.670. The average molecular weight is 655 g/mol. The van der Waals surface area contributed by atoms with Gasteiger partial charge in [-0.2, -0.15) is 5.10 Å². The molecule has 0 aliphatic rings. The Kier molecular flexibility index (Phi) is 9.20. The van der Waals surface area contributed by atoms with Crippen LogP contribution in [0.1, 0.15) is 45.8 Å². The van der Waals surface area contributed by atoms with E-state index in [1.165, 1.54) is 38.4 Å². The Morgan fingerprint density at radius 1 is 0.909 bits per heavy atom. The van der Waals surface area contributed by atoms with Crippen LogP contribution in [0.15, 0.2) is 94.5 Å². The highest BCUT2D eigenvalue weighted by atomic mass is 79.9. The average Bonchev–Trinajstić information content (AvgIpc) is 3.42.